The van der Waals surface area contributed by atoms with E-state index in [1.807, 2.05) is 60.7 Å². The van der Waals surface area contributed by atoms with Crippen LogP contribution in [0.3, 0.4) is 0 Å². The van der Waals surface area contributed by atoms with Crippen molar-refractivity contribution in [2.75, 3.05) is 0 Å². The van der Waals surface area contributed by atoms with Crippen molar-refractivity contribution < 1.29 is 37.5 Å². The Balaban J connectivity index is 0. The number of hydrogen-bond acceptors (Lipinski definition) is 0. The zero-order valence-electron chi connectivity index (χ0n) is 21.8. The fourth-order valence-electron chi connectivity index (χ4n) is 3.06. The van der Waals surface area contributed by atoms with Crippen LogP contribution in [0.4, 0.5) is 0 Å². The molecule has 6 aromatic rings. The smallest absolute Gasteiger partial charge is 0 e. The van der Waals surface area contributed by atoms with Gasteiger partial charge >= 0.3 is 0 Å². The molecule has 0 radical (unpaired) electrons. The zero-order valence-corrected chi connectivity index (χ0v) is 28.1. The number of hydrogen-bond donors (Lipinski definition) is 0. The van der Waals surface area contributed by atoms with Crippen molar-refractivity contribution in [1.82, 2.24) is 0 Å². The summed E-state index contributed by atoms with van der Waals surface area (Å²) in [7, 11) is 1.55. The van der Waals surface area contributed by atoms with Crippen LogP contribution < -0.4 is 21.2 Å². The summed E-state index contributed by atoms with van der Waals surface area (Å²) in [6.07, 6.45) is 0. The van der Waals surface area contributed by atoms with Crippen LogP contribution in [-0.2, 0) is 37.5 Å². The predicted molar refractivity (Wildman–Crippen MR) is 179 cm³/mol. The summed E-state index contributed by atoms with van der Waals surface area (Å²) in [5.74, 6) is 0. The molecular formula is C34H34Cl2FeP2Pd-6. The van der Waals surface area contributed by atoms with E-state index in [2.05, 4.69) is 121 Å². The molecule has 0 saturated carbocycles. The molecular weight excluding hydrogens is 703 g/mol. The van der Waals surface area contributed by atoms with E-state index in [1.165, 1.54) is 21.2 Å². The SMILES string of the molecule is Cl.Cl.[Fe].[Pd].[cH-]1[cH-][cH-][cH-][cH-]1.c1cc[cH-]c1.c1ccc(Pc2ccccc2)cc1.c1ccc(Pc2ccccc2)cc1. The maximum Gasteiger partial charge on any atom is 0 e. The van der Waals surface area contributed by atoms with E-state index >= 15 is 0 Å². The summed E-state index contributed by atoms with van der Waals surface area (Å²) < 4.78 is 0. The first kappa shape index (κ1) is 40.3. The quantitative estimate of drug-likeness (QED) is 0.0972. The average molecular weight is 738 g/mol. The first-order valence-electron chi connectivity index (χ1n) is 12.0. The van der Waals surface area contributed by atoms with Gasteiger partial charge in [-0.3, -0.25) is 0 Å². The molecule has 6 aromatic carbocycles. The largest absolute Gasteiger partial charge is 0.748 e. The molecule has 0 heterocycles. The molecule has 0 aromatic heterocycles. The molecule has 0 N–H and O–H groups in total. The Bertz CT molecular complexity index is 1040. The van der Waals surface area contributed by atoms with Gasteiger partial charge in [0.25, 0.3) is 0 Å². The molecule has 218 valence electrons. The standard InChI is InChI=1S/2C12H11P.2C5H5.2ClH.Fe.Pd/c2*1-3-7-11(8-4-1)13-12-9-5-2-6-10-12;2*1-2-4-5-3-1;;;;/h2*1-10,13H;2*1-5H;2*1H;;/q;;-5;-1;;;;. The fraction of sp³-hybridized carbons (Fsp3) is 0. The van der Waals surface area contributed by atoms with Gasteiger partial charge in [0, 0.05) is 37.5 Å². The third-order valence-corrected chi connectivity index (χ3v) is 7.27. The average Bonchev–Trinajstić information content (AvgIpc) is 3.72. The second kappa shape index (κ2) is 27.4. The minimum atomic E-state index is 0. The van der Waals surface area contributed by atoms with Gasteiger partial charge in [-0.05, 0) is 21.2 Å². The molecule has 0 aliphatic carbocycles. The molecule has 0 bridgehead atoms. The summed E-state index contributed by atoms with van der Waals surface area (Å²) in [5, 5.41) is 5.59. The topological polar surface area (TPSA) is 0 Å². The van der Waals surface area contributed by atoms with Crippen LogP contribution >= 0.6 is 42.0 Å². The van der Waals surface area contributed by atoms with E-state index in [-0.39, 0.29) is 62.3 Å². The molecule has 0 unspecified atom stereocenters. The molecule has 6 rings (SSSR count). The van der Waals surface area contributed by atoms with Gasteiger partial charge in [-0.25, -0.2) is 12.1 Å². The fourth-order valence-corrected chi connectivity index (χ4v) is 5.16. The molecule has 0 amide bonds. The van der Waals surface area contributed by atoms with E-state index in [9.17, 15) is 0 Å². The minimum absolute atomic E-state index is 0. The van der Waals surface area contributed by atoms with Gasteiger partial charge in [-0.2, -0.15) is 18.2 Å². The summed E-state index contributed by atoms with van der Waals surface area (Å²) >= 11 is 0. The van der Waals surface area contributed by atoms with Gasteiger partial charge in [0.15, 0.2) is 0 Å². The number of benzene rings is 4. The molecule has 0 saturated heterocycles. The van der Waals surface area contributed by atoms with E-state index in [0.29, 0.717) is 0 Å². The monoisotopic (exact) mass is 736 g/mol. The second-order valence-corrected chi connectivity index (χ2v) is 10.4. The van der Waals surface area contributed by atoms with Crippen molar-refractivity contribution in [2.24, 2.45) is 0 Å². The zero-order chi connectivity index (χ0) is 24.9. The molecule has 0 atom stereocenters. The van der Waals surface area contributed by atoms with Crippen LogP contribution in [0, 0.1) is 0 Å². The third-order valence-electron chi connectivity index (χ3n) is 4.78. The summed E-state index contributed by atoms with van der Waals surface area (Å²) in [5.41, 5.74) is 0. The molecule has 0 fully saturated rings. The van der Waals surface area contributed by atoms with Gasteiger partial charge in [0.1, 0.15) is 0 Å². The molecule has 0 nitrogen and oxygen atoms in total. The second-order valence-electron chi connectivity index (χ2n) is 7.64. The Morgan fingerprint density at radius 2 is 0.575 bits per heavy atom. The van der Waals surface area contributed by atoms with Gasteiger partial charge in [-0.1, -0.05) is 138 Å². The summed E-state index contributed by atoms with van der Waals surface area (Å²) in [4.78, 5) is 0. The van der Waals surface area contributed by atoms with Gasteiger partial charge in [-0.15, -0.1) is 24.8 Å². The Hall–Kier alpha value is -1.80. The number of halogens is 2. The Kier molecular flexibility index (Phi) is 27.6. The van der Waals surface area contributed by atoms with Crippen molar-refractivity contribution in [3.63, 3.8) is 0 Å². The maximum absolute atomic E-state index is 2.17. The van der Waals surface area contributed by atoms with Crippen molar-refractivity contribution >= 4 is 63.2 Å². The van der Waals surface area contributed by atoms with Gasteiger partial charge in [0.2, 0.25) is 0 Å². The van der Waals surface area contributed by atoms with Crippen LogP contribution in [0.15, 0.2) is 182 Å². The summed E-state index contributed by atoms with van der Waals surface area (Å²) in [6, 6.07) is 62.3. The maximum atomic E-state index is 2.17. The van der Waals surface area contributed by atoms with E-state index in [4.69, 9.17) is 0 Å². The molecule has 0 aliphatic heterocycles. The van der Waals surface area contributed by atoms with E-state index in [0.717, 1.165) is 17.2 Å². The van der Waals surface area contributed by atoms with Crippen molar-refractivity contribution in [3.05, 3.63) is 182 Å². The molecule has 40 heavy (non-hydrogen) atoms. The molecule has 0 aliphatic rings. The molecule has 0 spiro atoms. The number of rotatable bonds is 4. The van der Waals surface area contributed by atoms with Gasteiger partial charge in [0.05, 0.1) is 0 Å². The Morgan fingerprint density at radius 3 is 0.750 bits per heavy atom. The van der Waals surface area contributed by atoms with Crippen molar-refractivity contribution in [2.45, 2.75) is 0 Å². The first-order valence-corrected chi connectivity index (χ1v) is 14.0. The molecule has 6 heteroatoms. The minimum Gasteiger partial charge on any atom is -0.748 e. The Labute approximate surface area is 280 Å². The van der Waals surface area contributed by atoms with Crippen LogP contribution in [0.5, 0.6) is 0 Å². The van der Waals surface area contributed by atoms with Crippen molar-refractivity contribution in [1.29, 1.82) is 0 Å². The van der Waals surface area contributed by atoms with E-state index < -0.39 is 0 Å². The predicted octanol–water partition coefficient (Wildman–Crippen LogP) is 8.28. The van der Waals surface area contributed by atoms with Crippen LogP contribution in [0.1, 0.15) is 0 Å². The van der Waals surface area contributed by atoms with Crippen LogP contribution in [-0.4, -0.2) is 0 Å². The normalized spacial score (nSPS) is 8.40. The summed E-state index contributed by atoms with van der Waals surface area (Å²) in [6.45, 7) is 0. The van der Waals surface area contributed by atoms with E-state index in [1.54, 1.807) is 0 Å². The van der Waals surface area contributed by atoms with Crippen molar-refractivity contribution in [3.8, 4) is 0 Å². The van der Waals surface area contributed by atoms with Crippen LogP contribution in [0.2, 0.25) is 0 Å². The first-order chi connectivity index (χ1) is 17.9. The third kappa shape index (κ3) is 19.3. The Morgan fingerprint density at radius 1 is 0.350 bits per heavy atom. The van der Waals surface area contributed by atoms with Gasteiger partial charge < -0.3 is 30.3 Å². The van der Waals surface area contributed by atoms with Crippen LogP contribution in [0.25, 0.3) is 0 Å².